The number of benzene rings is 1. The molecule has 4 heteroatoms. The minimum Gasteiger partial charge on any atom is -0.397 e. The van der Waals surface area contributed by atoms with Gasteiger partial charge in [0.15, 0.2) is 0 Å². The maximum Gasteiger partial charge on any atom is 0.131 e. The first-order valence-electron chi connectivity index (χ1n) is 6.24. The van der Waals surface area contributed by atoms with E-state index in [1.807, 2.05) is 13.8 Å². The molecule has 0 amide bonds. The lowest BCUT2D eigenvalue weighted by molar-refractivity contribution is 0.603. The molecular weight excluding hydrogens is 246 g/mol. The average molecular weight is 262 g/mol. The second-order valence-electron chi connectivity index (χ2n) is 4.59. The van der Waals surface area contributed by atoms with E-state index >= 15 is 0 Å². The van der Waals surface area contributed by atoms with E-state index in [2.05, 4.69) is 4.98 Å². The molecule has 0 saturated heterocycles. The van der Waals surface area contributed by atoms with Crippen LogP contribution in [0.1, 0.15) is 31.9 Å². The molecule has 1 aromatic heterocycles. The zero-order valence-electron chi connectivity index (χ0n) is 11.0. The number of anilines is 1. The number of nitrogens with two attached hydrogens (primary N) is 1. The molecule has 2 N–H and O–H groups in total. The lowest BCUT2D eigenvalue weighted by Gasteiger charge is -2.15. The van der Waals surface area contributed by atoms with Crippen LogP contribution in [0.2, 0.25) is 0 Å². The summed E-state index contributed by atoms with van der Waals surface area (Å²) in [5.41, 5.74) is 7.86. The fourth-order valence-electron chi connectivity index (χ4n) is 2.01. The fraction of sp³-hybridized carbons (Fsp3) is 0.267. The summed E-state index contributed by atoms with van der Waals surface area (Å²) < 4.78 is 27.1. The van der Waals surface area contributed by atoms with Crippen LogP contribution in [0.15, 0.2) is 30.5 Å². The van der Waals surface area contributed by atoms with E-state index in [0.717, 1.165) is 30.3 Å². The lowest BCUT2D eigenvalue weighted by atomic mass is 9.97. The van der Waals surface area contributed by atoms with Crippen LogP contribution in [0, 0.1) is 11.6 Å². The number of pyridine rings is 1. The third-order valence-electron chi connectivity index (χ3n) is 3.32. The van der Waals surface area contributed by atoms with Crippen molar-refractivity contribution in [3.05, 3.63) is 47.8 Å². The van der Waals surface area contributed by atoms with Crippen molar-refractivity contribution in [2.24, 2.45) is 0 Å². The SMILES string of the molecule is CCC(C)c1nccc(-c2cc(F)ccc2F)c1N. The van der Waals surface area contributed by atoms with Crippen molar-refractivity contribution in [1.82, 2.24) is 4.98 Å². The predicted octanol–water partition coefficient (Wildman–Crippen LogP) is 4.12. The van der Waals surface area contributed by atoms with Crippen LogP contribution in [0.5, 0.6) is 0 Å². The highest BCUT2D eigenvalue weighted by Crippen LogP contribution is 2.33. The van der Waals surface area contributed by atoms with Crippen molar-refractivity contribution in [1.29, 1.82) is 0 Å². The Morgan fingerprint density at radius 2 is 1.95 bits per heavy atom. The molecular formula is C15H16F2N2. The van der Waals surface area contributed by atoms with Crippen LogP contribution in [-0.2, 0) is 0 Å². The molecule has 0 radical (unpaired) electrons. The van der Waals surface area contributed by atoms with Crippen molar-refractivity contribution in [2.45, 2.75) is 26.2 Å². The Morgan fingerprint density at radius 1 is 1.21 bits per heavy atom. The van der Waals surface area contributed by atoms with Crippen molar-refractivity contribution in [3.8, 4) is 11.1 Å². The molecule has 0 aliphatic heterocycles. The van der Waals surface area contributed by atoms with Gasteiger partial charge in [0.05, 0.1) is 11.4 Å². The molecule has 2 rings (SSSR count). The summed E-state index contributed by atoms with van der Waals surface area (Å²) in [4.78, 5) is 4.25. The smallest absolute Gasteiger partial charge is 0.131 e. The molecule has 0 saturated carbocycles. The summed E-state index contributed by atoms with van der Waals surface area (Å²) in [6.07, 6.45) is 2.46. The predicted molar refractivity (Wildman–Crippen MR) is 72.7 cm³/mol. The van der Waals surface area contributed by atoms with Crippen molar-refractivity contribution in [3.63, 3.8) is 0 Å². The highest BCUT2D eigenvalue weighted by Gasteiger charge is 2.15. The Hall–Kier alpha value is -1.97. The molecule has 2 nitrogen and oxygen atoms in total. The number of rotatable bonds is 3. The molecule has 0 fully saturated rings. The first-order chi connectivity index (χ1) is 9.04. The Balaban J connectivity index is 2.60. The molecule has 1 aromatic carbocycles. The Labute approximate surface area is 111 Å². The molecule has 1 atom stereocenters. The summed E-state index contributed by atoms with van der Waals surface area (Å²) in [6.45, 7) is 4.03. The van der Waals surface area contributed by atoms with Gasteiger partial charge in [-0.2, -0.15) is 0 Å². The van der Waals surface area contributed by atoms with Gasteiger partial charge in [0.25, 0.3) is 0 Å². The topological polar surface area (TPSA) is 38.9 Å². The Morgan fingerprint density at radius 3 is 2.63 bits per heavy atom. The van der Waals surface area contributed by atoms with Crippen LogP contribution in [0.4, 0.5) is 14.5 Å². The van der Waals surface area contributed by atoms with Gasteiger partial charge >= 0.3 is 0 Å². The monoisotopic (exact) mass is 262 g/mol. The van der Waals surface area contributed by atoms with E-state index < -0.39 is 11.6 Å². The normalized spacial score (nSPS) is 12.4. The van der Waals surface area contributed by atoms with Crippen molar-refractivity contribution in [2.75, 3.05) is 5.73 Å². The van der Waals surface area contributed by atoms with Crippen molar-refractivity contribution < 1.29 is 8.78 Å². The van der Waals surface area contributed by atoms with Gasteiger partial charge in [-0.15, -0.1) is 0 Å². The van der Waals surface area contributed by atoms with Gasteiger partial charge in [-0.25, -0.2) is 8.78 Å². The maximum absolute atomic E-state index is 13.8. The summed E-state index contributed by atoms with van der Waals surface area (Å²) in [6, 6.07) is 4.96. The largest absolute Gasteiger partial charge is 0.397 e. The van der Waals surface area contributed by atoms with Gasteiger partial charge in [-0.1, -0.05) is 13.8 Å². The van der Waals surface area contributed by atoms with Crippen LogP contribution < -0.4 is 5.73 Å². The van der Waals surface area contributed by atoms with E-state index in [-0.39, 0.29) is 11.5 Å². The first kappa shape index (κ1) is 13.5. The number of nitrogen functional groups attached to an aromatic ring is 1. The standard InChI is InChI=1S/C15H16F2N2/c1-3-9(2)15-14(18)11(6-7-19-15)12-8-10(16)4-5-13(12)17/h4-9H,3,18H2,1-2H3. The highest BCUT2D eigenvalue weighted by atomic mass is 19.1. The Kier molecular flexibility index (Phi) is 3.79. The lowest BCUT2D eigenvalue weighted by Crippen LogP contribution is -2.04. The number of aromatic nitrogens is 1. The molecule has 0 bridgehead atoms. The molecule has 19 heavy (non-hydrogen) atoms. The molecule has 100 valence electrons. The van der Waals surface area contributed by atoms with Crippen LogP contribution in [0.25, 0.3) is 11.1 Å². The molecule has 0 aliphatic rings. The molecule has 1 heterocycles. The minimum atomic E-state index is -0.491. The molecule has 0 aliphatic carbocycles. The summed E-state index contributed by atoms with van der Waals surface area (Å²) in [5, 5.41) is 0. The van der Waals surface area contributed by atoms with Crippen LogP contribution in [0.3, 0.4) is 0 Å². The van der Waals surface area contributed by atoms with Gasteiger partial charge in [0, 0.05) is 23.2 Å². The third kappa shape index (κ3) is 2.57. The third-order valence-corrected chi connectivity index (χ3v) is 3.32. The van der Waals surface area contributed by atoms with Gasteiger partial charge in [0.2, 0.25) is 0 Å². The van der Waals surface area contributed by atoms with Gasteiger partial charge in [-0.05, 0) is 30.7 Å². The number of hydrogen-bond acceptors (Lipinski definition) is 2. The van der Waals surface area contributed by atoms with Crippen molar-refractivity contribution >= 4 is 5.69 Å². The number of halogens is 2. The maximum atomic E-state index is 13.8. The van der Waals surface area contributed by atoms with Crippen LogP contribution in [-0.4, -0.2) is 4.98 Å². The van der Waals surface area contributed by atoms with E-state index in [0.29, 0.717) is 11.3 Å². The van der Waals surface area contributed by atoms with E-state index in [1.54, 1.807) is 12.3 Å². The fourth-order valence-corrected chi connectivity index (χ4v) is 2.01. The van der Waals surface area contributed by atoms with E-state index in [1.165, 1.54) is 0 Å². The number of hydrogen-bond donors (Lipinski definition) is 1. The van der Waals surface area contributed by atoms with Crippen LogP contribution >= 0.6 is 0 Å². The quantitative estimate of drug-likeness (QED) is 0.903. The Bertz CT molecular complexity index is 597. The summed E-state index contributed by atoms with van der Waals surface area (Å²) in [7, 11) is 0. The minimum absolute atomic E-state index is 0.171. The zero-order valence-corrected chi connectivity index (χ0v) is 11.0. The molecule has 2 aromatic rings. The summed E-state index contributed by atoms with van der Waals surface area (Å²) >= 11 is 0. The number of nitrogens with zero attached hydrogens (tertiary/aromatic N) is 1. The summed E-state index contributed by atoms with van der Waals surface area (Å²) in [5.74, 6) is -0.802. The van der Waals surface area contributed by atoms with E-state index in [9.17, 15) is 8.78 Å². The first-order valence-corrected chi connectivity index (χ1v) is 6.24. The van der Waals surface area contributed by atoms with Gasteiger partial charge in [0.1, 0.15) is 11.6 Å². The average Bonchev–Trinajstić information content (AvgIpc) is 2.41. The van der Waals surface area contributed by atoms with Gasteiger partial charge < -0.3 is 5.73 Å². The van der Waals surface area contributed by atoms with Gasteiger partial charge in [-0.3, -0.25) is 4.98 Å². The molecule has 1 unspecified atom stereocenters. The second-order valence-corrected chi connectivity index (χ2v) is 4.59. The highest BCUT2D eigenvalue weighted by molar-refractivity contribution is 5.78. The second kappa shape index (κ2) is 5.34. The molecule has 0 spiro atoms. The zero-order chi connectivity index (χ0) is 14.0. The van der Waals surface area contributed by atoms with E-state index in [4.69, 9.17) is 5.73 Å².